The third-order valence-corrected chi connectivity index (χ3v) is 5.55. The van der Waals surface area contributed by atoms with E-state index in [0.717, 1.165) is 32.6 Å². The van der Waals surface area contributed by atoms with Crippen LogP contribution in [-0.4, -0.2) is 17.5 Å². The largest absolute Gasteiger partial charge is 0.484 e. The molecule has 1 heterocycles. The highest BCUT2D eigenvalue weighted by molar-refractivity contribution is 7.22. The zero-order valence-corrected chi connectivity index (χ0v) is 16.2. The molecule has 3 rings (SSSR count). The number of amides is 1. The van der Waals surface area contributed by atoms with Crippen molar-refractivity contribution in [2.75, 3.05) is 17.3 Å². The van der Waals surface area contributed by atoms with E-state index in [2.05, 4.69) is 15.7 Å². The van der Waals surface area contributed by atoms with E-state index in [1.807, 2.05) is 26.8 Å². The fraction of sp³-hybridized carbons (Fsp3) is 0.222. The number of carbonyl (C=O) groups excluding carboxylic acids is 1. The Balaban J connectivity index is 1.75. The SMILES string of the molecule is Cc1cc(OCC(=O)Nc2c(C)cc3nc(NN)sc3c2C)ccc1Cl. The van der Waals surface area contributed by atoms with Crippen molar-refractivity contribution < 1.29 is 9.53 Å². The van der Waals surface area contributed by atoms with Gasteiger partial charge in [0.15, 0.2) is 11.7 Å². The first-order chi connectivity index (χ1) is 12.4. The molecule has 0 bridgehead atoms. The van der Waals surface area contributed by atoms with Gasteiger partial charge in [0.1, 0.15) is 5.75 Å². The smallest absolute Gasteiger partial charge is 0.262 e. The van der Waals surface area contributed by atoms with Gasteiger partial charge in [0.05, 0.1) is 10.2 Å². The minimum Gasteiger partial charge on any atom is -0.484 e. The topological polar surface area (TPSA) is 89.3 Å². The number of nitrogens with zero attached hydrogens (tertiary/aromatic N) is 1. The number of nitrogen functional groups attached to an aromatic ring is 1. The summed E-state index contributed by atoms with van der Waals surface area (Å²) in [6.45, 7) is 5.68. The number of hydrogen-bond donors (Lipinski definition) is 3. The zero-order valence-electron chi connectivity index (χ0n) is 14.6. The molecule has 1 amide bonds. The van der Waals surface area contributed by atoms with Gasteiger partial charge in [0.25, 0.3) is 5.91 Å². The quantitative estimate of drug-likeness (QED) is 0.449. The molecule has 0 fully saturated rings. The summed E-state index contributed by atoms with van der Waals surface area (Å²) in [7, 11) is 0. The first-order valence-electron chi connectivity index (χ1n) is 7.95. The van der Waals surface area contributed by atoms with Crippen molar-refractivity contribution in [2.45, 2.75) is 20.8 Å². The van der Waals surface area contributed by atoms with Gasteiger partial charge in [0, 0.05) is 10.7 Å². The molecular formula is C18H19ClN4O2S. The molecule has 4 N–H and O–H groups in total. The Morgan fingerprint density at radius 2 is 2.04 bits per heavy atom. The van der Waals surface area contributed by atoms with E-state index in [1.165, 1.54) is 11.3 Å². The molecule has 0 unspecified atom stereocenters. The van der Waals surface area contributed by atoms with Crippen LogP contribution in [0.5, 0.6) is 5.75 Å². The molecule has 8 heteroatoms. The summed E-state index contributed by atoms with van der Waals surface area (Å²) in [6, 6.07) is 7.22. The van der Waals surface area contributed by atoms with Crippen molar-refractivity contribution in [3.63, 3.8) is 0 Å². The van der Waals surface area contributed by atoms with Crippen LogP contribution < -0.4 is 21.3 Å². The van der Waals surface area contributed by atoms with Crippen LogP contribution in [0.3, 0.4) is 0 Å². The molecule has 0 aliphatic carbocycles. The lowest BCUT2D eigenvalue weighted by molar-refractivity contribution is -0.118. The molecule has 0 saturated carbocycles. The van der Waals surface area contributed by atoms with Crippen LogP contribution in [0.25, 0.3) is 10.2 Å². The third kappa shape index (κ3) is 3.75. The Morgan fingerprint density at radius 1 is 1.27 bits per heavy atom. The predicted molar refractivity (Wildman–Crippen MR) is 107 cm³/mol. The molecule has 136 valence electrons. The third-order valence-electron chi connectivity index (χ3n) is 4.00. The van der Waals surface area contributed by atoms with Gasteiger partial charge in [0.2, 0.25) is 0 Å². The summed E-state index contributed by atoms with van der Waals surface area (Å²) in [5.41, 5.74) is 6.96. The summed E-state index contributed by atoms with van der Waals surface area (Å²) in [5, 5.41) is 4.23. The average molecular weight is 391 g/mol. The molecule has 1 aromatic heterocycles. The van der Waals surface area contributed by atoms with Crippen LogP contribution in [0.1, 0.15) is 16.7 Å². The van der Waals surface area contributed by atoms with Crippen molar-refractivity contribution in [2.24, 2.45) is 5.84 Å². The zero-order chi connectivity index (χ0) is 18.8. The second kappa shape index (κ2) is 7.49. The normalized spacial score (nSPS) is 10.8. The second-order valence-electron chi connectivity index (χ2n) is 5.95. The number of nitrogens with one attached hydrogen (secondary N) is 2. The predicted octanol–water partition coefficient (Wildman–Crippen LogP) is 4.18. The molecule has 6 nitrogen and oxygen atoms in total. The van der Waals surface area contributed by atoms with E-state index in [0.29, 0.717) is 15.9 Å². The fourth-order valence-electron chi connectivity index (χ4n) is 2.67. The van der Waals surface area contributed by atoms with E-state index in [4.69, 9.17) is 22.2 Å². The minimum absolute atomic E-state index is 0.0870. The van der Waals surface area contributed by atoms with E-state index in [-0.39, 0.29) is 12.5 Å². The maximum Gasteiger partial charge on any atom is 0.262 e. The Kier molecular flexibility index (Phi) is 5.31. The average Bonchev–Trinajstić information content (AvgIpc) is 3.03. The van der Waals surface area contributed by atoms with Crippen molar-refractivity contribution in [1.29, 1.82) is 0 Å². The van der Waals surface area contributed by atoms with Gasteiger partial charge in [-0.1, -0.05) is 22.9 Å². The summed E-state index contributed by atoms with van der Waals surface area (Å²) >= 11 is 7.44. The number of hydrogen-bond acceptors (Lipinski definition) is 6. The number of aryl methyl sites for hydroxylation is 3. The molecule has 0 radical (unpaired) electrons. The molecule has 0 aliphatic heterocycles. The lowest BCUT2D eigenvalue weighted by Gasteiger charge is -2.13. The molecule has 0 saturated heterocycles. The van der Waals surface area contributed by atoms with Gasteiger partial charge in [-0.2, -0.15) is 0 Å². The second-order valence-corrected chi connectivity index (χ2v) is 7.36. The van der Waals surface area contributed by atoms with E-state index >= 15 is 0 Å². The van der Waals surface area contributed by atoms with Crippen LogP contribution in [0.2, 0.25) is 5.02 Å². The number of ether oxygens (including phenoxy) is 1. The molecule has 2 aromatic carbocycles. The van der Waals surface area contributed by atoms with Crippen molar-refractivity contribution in [3.8, 4) is 5.75 Å². The molecule has 26 heavy (non-hydrogen) atoms. The van der Waals surface area contributed by atoms with Crippen LogP contribution in [0.15, 0.2) is 24.3 Å². The maximum absolute atomic E-state index is 12.3. The summed E-state index contributed by atoms with van der Waals surface area (Å²) in [5.74, 6) is 5.81. The van der Waals surface area contributed by atoms with E-state index in [9.17, 15) is 4.79 Å². The van der Waals surface area contributed by atoms with Gasteiger partial charge in [-0.25, -0.2) is 10.8 Å². The van der Waals surface area contributed by atoms with E-state index in [1.54, 1.807) is 18.2 Å². The number of halogens is 1. The summed E-state index contributed by atoms with van der Waals surface area (Å²) < 4.78 is 6.54. The number of nitrogens with two attached hydrogens (primary N) is 1. The van der Waals surface area contributed by atoms with Gasteiger partial charge in [-0.05, 0) is 61.7 Å². The van der Waals surface area contributed by atoms with Crippen molar-refractivity contribution in [3.05, 3.63) is 46.0 Å². The molecular weight excluding hydrogens is 372 g/mol. The Bertz CT molecular complexity index is 987. The Labute approximate surface area is 160 Å². The molecule has 0 atom stereocenters. The van der Waals surface area contributed by atoms with Gasteiger partial charge in [-0.3, -0.25) is 10.2 Å². The van der Waals surface area contributed by atoms with Gasteiger partial charge < -0.3 is 10.1 Å². The van der Waals surface area contributed by atoms with Crippen molar-refractivity contribution in [1.82, 2.24) is 4.98 Å². The minimum atomic E-state index is -0.232. The van der Waals surface area contributed by atoms with E-state index < -0.39 is 0 Å². The number of anilines is 2. The number of benzene rings is 2. The number of rotatable bonds is 5. The van der Waals surface area contributed by atoms with Crippen LogP contribution in [0, 0.1) is 20.8 Å². The fourth-order valence-corrected chi connectivity index (χ4v) is 3.65. The Hall–Kier alpha value is -2.35. The summed E-state index contributed by atoms with van der Waals surface area (Å²) in [4.78, 5) is 16.7. The lowest BCUT2D eigenvalue weighted by atomic mass is 10.1. The highest BCUT2D eigenvalue weighted by Crippen LogP contribution is 2.34. The van der Waals surface area contributed by atoms with Gasteiger partial charge >= 0.3 is 0 Å². The highest BCUT2D eigenvalue weighted by Gasteiger charge is 2.14. The standard InChI is InChI=1S/C18H19ClN4O2S/c1-9-6-12(4-5-13(9)19)25-8-15(24)22-16-10(2)7-14-17(11(16)3)26-18(21-14)23-20/h4-7H,8,20H2,1-3H3,(H,21,23)(H,22,24). The van der Waals surface area contributed by atoms with Crippen molar-refractivity contribution >= 4 is 49.9 Å². The maximum atomic E-state index is 12.3. The van der Waals surface area contributed by atoms with Crippen LogP contribution in [0.4, 0.5) is 10.8 Å². The Morgan fingerprint density at radius 3 is 2.73 bits per heavy atom. The number of thiazole rings is 1. The highest BCUT2D eigenvalue weighted by atomic mass is 35.5. The first-order valence-corrected chi connectivity index (χ1v) is 9.14. The first kappa shape index (κ1) is 18.4. The number of hydrazine groups is 1. The molecule has 3 aromatic rings. The molecule has 0 aliphatic rings. The summed E-state index contributed by atoms with van der Waals surface area (Å²) in [6.07, 6.45) is 0. The number of fused-ring (bicyclic) bond motifs is 1. The van der Waals surface area contributed by atoms with Crippen LogP contribution >= 0.6 is 22.9 Å². The van der Waals surface area contributed by atoms with Gasteiger partial charge in [-0.15, -0.1) is 0 Å². The lowest BCUT2D eigenvalue weighted by Crippen LogP contribution is -2.21. The number of aromatic nitrogens is 1. The number of carbonyl (C=O) groups is 1. The molecule has 0 spiro atoms. The monoisotopic (exact) mass is 390 g/mol. The van der Waals surface area contributed by atoms with Crippen LogP contribution in [-0.2, 0) is 4.79 Å².